The number of halogens is 2. The van der Waals surface area contributed by atoms with E-state index in [2.05, 4.69) is 28.9 Å². The summed E-state index contributed by atoms with van der Waals surface area (Å²) < 4.78 is 27.3. The van der Waals surface area contributed by atoms with Crippen LogP contribution in [-0.2, 0) is 33.3 Å². The van der Waals surface area contributed by atoms with Crippen LogP contribution in [0.25, 0.3) is 11.1 Å². The molecule has 0 aliphatic carbocycles. The fourth-order valence-corrected chi connectivity index (χ4v) is 6.07. The average Bonchev–Trinajstić information content (AvgIpc) is 3.16. The lowest BCUT2D eigenvalue weighted by Crippen LogP contribution is -2.43. The number of nitrogens with zero attached hydrogens (tertiary/aromatic N) is 1. The number of amides is 3. The zero-order chi connectivity index (χ0) is 37.8. The molecule has 53 heavy (non-hydrogen) atoms. The zero-order valence-electron chi connectivity index (χ0n) is 30.4. The molecule has 0 saturated heterocycles. The molecule has 0 radical (unpaired) electrons. The Hall–Kier alpha value is -3.75. The second kappa shape index (κ2) is 23.1. The smallest absolute Gasteiger partial charge is 0.251 e. The Balaban J connectivity index is 1.10. The first-order valence-corrected chi connectivity index (χ1v) is 18.7. The monoisotopic (exact) mass is 772 g/mol. The number of carbonyl (C=O) groups excluding carboxylic acids is 3. The summed E-state index contributed by atoms with van der Waals surface area (Å²) in [6, 6.07) is 21.3. The minimum absolute atomic E-state index is 0.00467. The summed E-state index contributed by atoms with van der Waals surface area (Å²) in [6.07, 6.45) is 0.751. The van der Waals surface area contributed by atoms with E-state index in [9.17, 15) is 14.4 Å². The van der Waals surface area contributed by atoms with Gasteiger partial charge in [0.2, 0.25) is 11.8 Å². The average molecular weight is 774 g/mol. The number of rotatable bonds is 23. The molecule has 3 amide bonds. The second-order valence-electron chi connectivity index (χ2n) is 12.3. The van der Waals surface area contributed by atoms with Crippen molar-refractivity contribution in [3.05, 3.63) is 82.9 Å². The number of ether oxygens (including phenoxy) is 5. The molecule has 1 aliphatic rings. The molecule has 12 nitrogen and oxygen atoms in total. The van der Waals surface area contributed by atoms with E-state index in [-0.39, 0.29) is 35.7 Å². The molecule has 3 aromatic rings. The van der Waals surface area contributed by atoms with E-state index in [1.165, 1.54) is 0 Å². The van der Waals surface area contributed by atoms with Crippen LogP contribution < -0.4 is 20.9 Å². The van der Waals surface area contributed by atoms with Crippen LogP contribution in [0.3, 0.4) is 0 Å². The van der Waals surface area contributed by atoms with Gasteiger partial charge in [-0.15, -0.1) is 11.6 Å². The number of hydrogen-bond donors (Lipinski definition) is 3. The van der Waals surface area contributed by atoms with Crippen LogP contribution in [0, 0.1) is 0 Å². The third kappa shape index (κ3) is 14.2. The summed E-state index contributed by atoms with van der Waals surface area (Å²) in [5.41, 5.74) is 5.41. The maximum atomic E-state index is 12.8. The van der Waals surface area contributed by atoms with Gasteiger partial charge in [0.1, 0.15) is 5.88 Å². The van der Waals surface area contributed by atoms with Crippen LogP contribution in [0.1, 0.15) is 42.2 Å². The first-order valence-electron chi connectivity index (χ1n) is 17.8. The van der Waals surface area contributed by atoms with Gasteiger partial charge in [0, 0.05) is 48.0 Å². The van der Waals surface area contributed by atoms with Gasteiger partial charge in [0.15, 0.2) is 0 Å². The lowest BCUT2D eigenvalue weighted by Gasteiger charge is -2.39. The van der Waals surface area contributed by atoms with E-state index in [4.69, 9.17) is 46.9 Å². The summed E-state index contributed by atoms with van der Waals surface area (Å²) in [4.78, 5) is 38.2. The summed E-state index contributed by atoms with van der Waals surface area (Å²) in [6.45, 7) is 8.72. The molecule has 14 heteroatoms. The van der Waals surface area contributed by atoms with Crippen LogP contribution in [0.4, 0.5) is 11.4 Å². The van der Waals surface area contributed by atoms with Crippen molar-refractivity contribution < 1.29 is 38.1 Å². The van der Waals surface area contributed by atoms with Gasteiger partial charge >= 0.3 is 0 Å². The Labute approximate surface area is 321 Å². The Morgan fingerprint density at radius 3 is 1.79 bits per heavy atom. The van der Waals surface area contributed by atoms with Gasteiger partial charge in [0.25, 0.3) is 5.91 Å². The Bertz CT molecular complexity index is 1580. The molecular formula is C39H50Cl2N4O8. The number of hydrogen-bond acceptors (Lipinski definition) is 9. The van der Waals surface area contributed by atoms with Crippen molar-refractivity contribution in [1.82, 2.24) is 10.6 Å². The third-order valence-corrected chi connectivity index (χ3v) is 8.89. The van der Waals surface area contributed by atoms with Crippen molar-refractivity contribution >= 4 is 52.3 Å². The molecule has 1 heterocycles. The lowest BCUT2D eigenvalue weighted by molar-refractivity contribution is -0.119. The normalized spacial score (nSPS) is 15.1. The van der Waals surface area contributed by atoms with Crippen molar-refractivity contribution in [3.8, 4) is 11.1 Å². The molecule has 1 aliphatic heterocycles. The topological polar surface area (TPSA) is 137 Å². The summed E-state index contributed by atoms with van der Waals surface area (Å²) in [5, 5.41) is 9.81. The Morgan fingerprint density at radius 1 is 0.717 bits per heavy atom. The van der Waals surface area contributed by atoms with E-state index in [0.717, 1.165) is 34.5 Å². The predicted octanol–water partition coefficient (Wildman–Crippen LogP) is 5.47. The quantitative estimate of drug-likeness (QED) is 0.0847. The van der Waals surface area contributed by atoms with E-state index >= 15 is 0 Å². The molecule has 0 unspecified atom stereocenters. The standard InChI is InChI=1S/C39H50Cl2N4O8/c1-28-25-36(44-34-10-8-33(41)9-11-34)35-26-32(7-12-37(35)45(28)29(2)46)30-3-5-31(6-4-30)39(48)43-14-16-50-18-20-52-22-24-53-23-21-51-19-17-49-15-13-42-38(47)27-40/h3-12,26,28,36,44H,13-25,27H2,1-2H3,(H,42,47)(H,43,48)/t28-,36+/m0/s1. The minimum atomic E-state index is -0.219. The number of nitrogens with one attached hydrogen (secondary N) is 3. The Morgan fingerprint density at radius 2 is 1.25 bits per heavy atom. The molecular weight excluding hydrogens is 723 g/mol. The van der Waals surface area contributed by atoms with Gasteiger partial charge < -0.3 is 44.5 Å². The van der Waals surface area contributed by atoms with Crippen LogP contribution in [0.5, 0.6) is 0 Å². The largest absolute Gasteiger partial charge is 0.378 e. The summed E-state index contributed by atoms with van der Waals surface area (Å²) >= 11 is 11.5. The van der Waals surface area contributed by atoms with Gasteiger partial charge in [-0.05, 0) is 78.6 Å². The van der Waals surface area contributed by atoms with Crippen molar-refractivity contribution in [1.29, 1.82) is 0 Å². The first kappa shape index (κ1) is 42.0. The van der Waals surface area contributed by atoms with Crippen LogP contribution in [-0.4, -0.2) is 109 Å². The van der Waals surface area contributed by atoms with Crippen molar-refractivity contribution in [2.45, 2.75) is 32.4 Å². The number of benzene rings is 3. The highest BCUT2D eigenvalue weighted by molar-refractivity contribution is 6.30. The first-order chi connectivity index (χ1) is 25.8. The van der Waals surface area contributed by atoms with Crippen LogP contribution in [0.2, 0.25) is 5.02 Å². The zero-order valence-corrected chi connectivity index (χ0v) is 31.9. The van der Waals surface area contributed by atoms with Crippen LogP contribution >= 0.6 is 23.2 Å². The van der Waals surface area contributed by atoms with E-state index < -0.39 is 0 Å². The predicted molar refractivity (Wildman–Crippen MR) is 207 cm³/mol. The van der Waals surface area contributed by atoms with E-state index in [1.807, 2.05) is 65.6 Å². The molecule has 0 aromatic heterocycles. The van der Waals surface area contributed by atoms with Gasteiger partial charge in [-0.2, -0.15) is 0 Å². The maximum absolute atomic E-state index is 12.8. The Kier molecular flexibility index (Phi) is 18.3. The lowest BCUT2D eigenvalue weighted by atomic mass is 9.88. The number of carbonyl (C=O) groups is 3. The molecule has 0 saturated carbocycles. The molecule has 3 N–H and O–H groups in total. The minimum Gasteiger partial charge on any atom is -0.378 e. The highest BCUT2D eigenvalue weighted by atomic mass is 35.5. The van der Waals surface area contributed by atoms with Crippen molar-refractivity contribution in [2.24, 2.45) is 0 Å². The molecule has 4 rings (SSSR count). The molecule has 288 valence electrons. The van der Waals surface area contributed by atoms with Crippen molar-refractivity contribution in [3.63, 3.8) is 0 Å². The molecule has 2 atom stereocenters. The molecule has 3 aromatic carbocycles. The molecule has 0 fully saturated rings. The number of anilines is 2. The maximum Gasteiger partial charge on any atom is 0.251 e. The van der Waals surface area contributed by atoms with Crippen molar-refractivity contribution in [2.75, 3.05) is 95.3 Å². The summed E-state index contributed by atoms with van der Waals surface area (Å²) in [7, 11) is 0. The van der Waals surface area contributed by atoms with E-state index in [0.29, 0.717) is 89.7 Å². The van der Waals surface area contributed by atoms with Gasteiger partial charge in [-0.1, -0.05) is 29.8 Å². The van der Waals surface area contributed by atoms with E-state index in [1.54, 1.807) is 6.92 Å². The SMILES string of the molecule is CC(=O)N1c2ccc(-c3ccc(C(=O)NCCOCCOCCOCCOCCOCCNC(=O)CCl)cc3)cc2[C@H](Nc2ccc(Cl)cc2)C[C@@H]1C. The van der Waals surface area contributed by atoms with Gasteiger partial charge in [-0.3, -0.25) is 14.4 Å². The third-order valence-electron chi connectivity index (χ3n) is 8.39. The highest BCUT2D eigenvalue weighted by Crippen LogP contribution is 2.41. The second-order valence-corrected chi connectivity index (χ2v) is 13.0. The fraction of sp³-hybridized carbons (Fsp3) is 0.462. The van der Waals surface area contributed by atoms with Gasteiger partial charge in [0.05, 0.1) is 72.1 Å². The summed E-state index contributed by atoms with van der Waals surface area (Å²) in [5.74, 6) is -0.445. The fourth-order valence-electron chi connectivity index (χ4n) is 5.85. The highest BCUT2D eigenvalue weighted by Gasteiger charge is 2.32. The number of fused-ring (bicyclic) bond motifs is 1. The number of alkyl halides is 1. The molecule has 0 bridgehead atoms. The van der Waals surface area contributed by atoms with Crippen LogP contribution in [0.15, 0.2) is 66.7 Å². The van der Waals surface area contributed by atoms with Gasteiger partial charge in [-0.25, -0.2) is 0 Å². The molecule has 0 spiro atoms.